The van der Waals surface area contributed by atoms with Gasteiger partial charge in [0.25, 0.3) is 0 Å². The molecule has 5 heteroatoms. The zero-order valence-corrected chi connectivity index (χ0v) is 15.7. The fraction of sp³-hybridized carbons (Fsp3) is 0.889. The van der Waals surface area contributed by atoms with Gasteiger partial charge in [-0.2, -0.15) is 0 Å². The lowest BCUT2D eigenvalue weighted by Crippen LogP contribution is -2.50. The summed E-state index contributed by atoms with van der Waals surface area (Å²) in [7, 11) is 1.58. The fourth-order valence-corrected chi connectivity index (χ4v) is 3.13. The van der Waals surface area contributed by atoms with Crippen LogP contribution in [0.2, 0.25) is 0 Å². The molecule has 1 aliphatic carbocycles. The Hall–Kier alpha value is -1.10. The number of carbonyl (C=O) groups excluding carboxylic acids is 2. The van der Waals surface area contributed by atoms with Crippen LogP contribution in [0.1, 0.15) is 60.8 Å². The maximum absolute atomic E-state index is 12.4. The Morgan fingerprint density at radius 2 is 1.87 bits per heavy atom. The Bertz CT molecular complexity index is 420. The first-order valence-corrected chi connectivity index (χ1v) is 8.45. The van der Waals surface area contributed by atoms with E-state index in [1.54, 1.807) is 7.11 Å². The highest BCUT2D eigenvalue weighted by Crippen LogP contribution is 2.40. The third kappa shape index (κ3) is 6.50. The lowest BCUT2D eigenvalue weighted by atomic mass is 9.67. The van der Waals surface area contributed by atoms with Crippen LogP contribution in [-0.4, -0.2) is 37.2 Å². The average molecular weight is 327 g/mol. The molecule has 1 rings (SSSR count). The molecule has 1 amide bonds. The second kappa shape index (κ2) is 7.65. The summed E-state index contributed by atoms with van der Waals surface area (Å²) < 4.78 is 10.6. The number of hydrogen-bond acceptors (Lipinski definition) is 4. The molecule has 0 radical (unpaired) electrons. The van der Waals surface area contributed by atoms with Gasteiger partial charge in [-0.15, -0.1) is 0 Å². The molecule has 0 heterocycles. The van der Waals surface area contributed by atoms with Crippen LogP contribution in [0.3, 0.4) is 0 Å². The van der Waals surface area contributed by atoms with Gasteiger partial charge in [-0.3, -0.25) is 4.79 Å². The number of Topliss-reactive ketones (excluding diaryl/α,β-unsaturated/α-hetero) is 1. The van der Waals surface area contributed by atoms with Crippen molar-refractivity contribution in [1.82, 2.24) is 5.32 Å². The first-order valence-electron chi connectivity index (χ1n) is 8.45. The van der Waals surface area contributed by atoms with Crippen LogP contribution in [0.15, 0.2) is 0 Å². The van der Waals surface area contributed by atoms with Gasteiger partial charge in [0.05, 0.1) is 12.6 Å². The normalized spacial score (nSPS) is 24.2. The number of methoxy groups -OCH3 is 1. The van der Waals surface area contributed by atoms with Crippen molar-refractivity contribution in [2.45, 2.75) is 72.4 Å². The SMILES string of the molecule is COCC(NC(=O)OC(C)(C)C)C1CC(C(C)(C)C)CCC1=O. The molecule has 3 unspecified atom stereocenters. The van der Waals surface area contributed by atoms with E-state index in [4.69, 9.17) is 9.47 Å². The van der Waals surface area contributed by atoms with Crippen molar-refractivity contribution in [1.29, 1.82) is 0 Å². The maximum atomic E-state index is 12.4. The van der Waals surface area contributed by atoms with Crippen molar-refractivity contribution in [2.75, 3.05) is 13.7 Å². The summed E-state index contributed by atoms with van der Waals surface area (Å²) in [5, 5.41) is 2.84. The van der Waals surface area contributed by atoms with Crippen molar-refractivity contribution < 1.29 is 19.1 Å². The van der Waals surface area contributed by atoms with E-state index in [1.165, 1.54) is 0 Å². The zero-order chi connectivity index (χ0) is 17.8. The average Bonchev–Trinajstić information content (AvgIpc) is 2.35. The highest BCUT2D eigenvalue weighted by molar-refractivity contribution is 5.83. The molecule has 0 aromatic heterocycles. The van der Waals surface area contributed by atoms with Crippen molar-refractivity contribution in [2.24, 2.45) is 17.3 Å². The number of carbonyl (C=O) groups is 2. The van der Waals surface area contributed by atoms with Gasteiger partial charge in [-0.25, -0.2) is 4.79 Å². The lowest BCUT2D eigenvalue weighted by molar-refractivity contribution is -0.128. The highest BCUT2D eigenvalue weighted by atomic mass is 16.6. The van der Waals surface area contributed by atoms with Crippen molar-refractivity contribution in [3.05, 3.63) is 0 Å². The molecule has 23 heavy (non-hydrogen) atoms. The molecule has 0 saturated heterocycles. The number of nitrogens with one attached hydrogen (secondary N) is 1. The molecule has 134 valence electrons. The van der Waals surface area contributed by atoms with Crippen LogP contribution in [-0.2, 0) is 14.3 Å². The van der Waals surface area contributed by atoms with Crippen LogP contribution in [0.4, 0.5) is 4.79 Å². The number of rotatable bonds is 4. The monoisotopic (exact) mass is 327 g/mol. The van der Waals surface area contributed by atoms with E-state index in [1.807, 2.05) is 20.8 Å². The quantitative estimate of drug-likeness (QED) is 0.857. The molecule has 5 nitrogen and oxygen atoms in total. The summed E-state index contributed by atoms with van der Waals surface area (Å²) in [6, 6.07) is -0.340. The highest BCUT2D eigenvalue weighted by Gasteiger charge is 2.39. The Morgan fingerprint density at radius 1 is 1.26 bits per heavy atom. The number of ketones is 1. The van der Waals surface area contributed by atoms with Crippen LogP contribution < -0.4 is 5.32 Å². The van der Waals surface area contributed by atoms with E-state index in [2.05, 4.69) is 26.1 Å². The number of amides is 1. The topological polar surface area (TPSA) is 64.6 Å². The van der Waals surface area contributed by atoms with E-state index < -0.39 is 11.7 Å². The molecule has 1 saturated carbocycles. The van der Waals surface area contributed by atoms with E-state index in [0.29, 0.717) is 18.9 Å². The Morgan fingerprint density at radius 3 is 2.35 bits per heavy atom. The molecule has 0 bridgehead atoms. The minimum atomic E-state index is -0.563. The van der Waals surface area contributed by atoms with Crippen LogP contribution in [0.5, 0.6) is 0 Å². The predicted molar refractivity (Wildman–Crippen MR) is 90.3 cm³/mol. The van der Waals surface area contributed by atoms with E-state index in [0.717, 1.165) is 12.8 Å². The summed E-state index contributed by atoms with van der Waals surface area (Å²) in [4.78, 5) is 24.5. The molecule has 1 fully saturated rings. The summed E-state index contributed by atoms with van der Waals surface area (Å²) in [5.41, 5.74) is -0.408. The van der Waals surface area contributed by atoms with Crippen molar-refractivity contribution >= 4 is 11.9 Å². The summed E-state index contributed by atoms with van der Waals surface area (Å²) in [6.07, 6.45) is 1.78. The summed E-state index contributed by atoms with van der Waals surface area (Å²) in [5.74, 6) is 0.467. The van der Waals surface area contributed by atoms with E-state index in [-0.39, 0.29) is 23.2 Å². The van der Waals surface area contributed by atoms with Crippen molar-refractivity contribution in [3.63, 3.8) is 0 Å². The van der Waals surface area contributed by atoms with Crippen LogP contribution in [0, 0.1) is 17.3 Å². The minimum absolute atomic E-state index is 0.155. The minimum Gasteiger partial charge on any atom is -0.444 e. The van der Waals surface area contributed by atoms with Gasteiger partial charge in [-0.1, -0.05) is 20.8 Å². The van der Waals surface area contributed by atoms with Gasteiger partial charge in [0.1, 0.15) is 11.4 Å². The van der Waals surface area contributed by atoms with Crippen molar-refractivity contribution in [3.8, 4) is 0 Å². The summed E-state index contributed by atoms with van der Waals surface area (Å²) in [6.45, 7) is 12.4. The van der Waals surface area contributed by atoms with Crippen LogP contribution >= 0.6 is 0 Å². The largest absolute Gasteiger partial charge is 0.444 e. The fourth-order valence-electron chi connectivity index (χ4n) is 3.13. The molecule has 0 spiro atoms. The van der Waals surface area contributed by atoms with Gasteiger partial charge in [0.15, 0.2) is 0 Å². The van der Waals surface area contributed by atoms with E-state index in [9.17, 15) is 9.59 Å². The third-order valence-electron chi connectivity index (χ3n) is 4.45. The number of ether oxygens (including phenoxy) is 2. The second-order valence-electron chi connectivity index (χ2n) is 8.62. The standard InChI is InChI=1S/C18H33NO4/c1-17(2,3)12-8-9-15(20)13(10-12)14(11-22-7)19-16(21)23-18(4,5)6/h12-14H,8-11H2,1-7H3,(H,19,21). The summed E-state index contributed by atoms with van der Waals surface area (Å²) >= 11 is 0. The van der Waals surface area contributed by atoms with Gasteiger partial charge in [0, 0.05) is 19.4 Å². The molecule has 1 aliphatic rings. The molecular formula is C18H33NO4. The Labute approximate surface area is 140 Å². The number of hydrogen-bond donors (Lipinski definition) is 1. The number of alkyl carbamates (subject to hydrolysis) is 1. The Balaban J connectivity index is 2.81. The van der Waals surface area contributed by atoms with E-state index >= 15 is 0 Å². The third-order valence-corrected chi connectivity index (χ3v) is 4.45. The molecule has 0 aromatic rings. The van der Waals surface area contributed by atoms with Gasteiger partial charge >= 0.3 is 6.09 Å². The zero-order valence-electron chi connectivity index (χ0n) is 15.7. The Kier molecular flexibility index (Phi) is 6.63. The maximum Gasteiger partial charge on any atom is 0.407 e. The van der Waals surface area contributed by atoms with Gasteiger partial charge < -0.3 is 14.8 Å². The lowest BCUT2D eigenvalue weighted by Gasteiger charge is -2.39. The first kappa shape index (κ1) is 19.9. The predicted octanol–water partition coefficient (Wildman–Crippen LogP) is 3.56. The molecule has 0 aromatic carbocycles. The van der Waals surface area contributed by atoms with Gasteiger partial charge in [-0.05, 0) is 44.9 Å². The molecule has 3 atom stereocenters. The molecular weight excluding hydrogens is 294 g/mol. The van der Waals surface area contributed by atoms with Gasteiger partial charge in [0.2, 0.25) is 0 Å². The first-order chi connectivity index (χ1) is 10.4. The molecule has 1 N–H and O–H groups in total. The smallest absolute Gasteiger partial charge is 0.407 e. The second-order valence-corrected chi connectivity index (χ2v) is 8.62. The molecule has 0 aliphatic heterocycles. The van der Waals surface area contributed by atoms with Crippen LogP contribution in [0.25, 0.3) is 0 Å².